The van der Waals surface area contributed by atoms with Crippen LogP contribution in [0.3, 0.4) is 0 Å². The number of hydrogen-bond acceptors (Lipinski definition) is 4. The van der Waals surface area contributed by atoms with Crippen LogP contribution in [-0.4, -0.2) is 36.6 Å². The van der Waals surface area contributed by atoms with Gasteiger partial charge < -0.3 is 10.6 Å². The maximum atomic E-state index is 4.89. The molecule has 2 bridgehead atoms. The molecule has 0 amide bonds. The van der Waals surface area contributed by atoms with Crippen molar-refractivity contribution in [1.82, 2.24) is 10.6 Å². The van der Waals surface area contributed by atoms with E-state index < -0.39 is 0 Å². The van der Waals surface area contributed by atoms with Gasteiger partial charge in [-0.2, -0.15) is 0 Å². The molecule has 4 atom stereocenters. The van der Waals surface area contributed by atoms with Gasteiger partial charge in [-0.25, -0.2) is 0 Å². The van der Waals surface area contributed by atoms with Gasteiger partial charge in [-0.1, -0.05) is 36.4 Å². The summed E-state index contributed by atoms with van der Waals surface area (Å²) < 4.78 is 0. The maximum Gasteiger partial charge on any atom is 0.0459 e. The van der Waals surface area contributed by atoms with Gasteiger partial charge in [-0.05, 0) is 114 Å². The Hall–Kier alpha value is -2.82. The van der Waals surface area contributed by atoms with Crippen LogP contribution in [0.4, 0.5) is 0 Å². The molecule has 2 saturated heterocycles. The van der Waals surface area contributed by atoms with Crippen LogP contribution >= 0.6 is 0 Å². The smallest absolute Gasteiger partial charge is 0.0459 e. The van der Waals surface area contributed by atoms with Crippen molar-refractivity contribution in [2.24, 2.45) is 9.98 Å². The summed E-state index contributed by atoms with van der Waals surface area (Å²) in [6.45, 7) is 2.26. The van der Waals surface area contributed by atoms with Gasteiger partial charge in [0, 0.05) is 48.7 Å². The minimum absolute atomic E-state index is 0.482. The minimum Gasteiger partial charge on any atom is -0.309 e. The van der Waals surface area contributed by atoms with Crippen molar-refractivity contribution < 1.29 is 0 Å². The molecule has 2 aromatic carbocycles. The van der Waals surface area contributed by atoms with Gasteiger partial charge in [0.2, 0.25) is 0 Å². The van der Waals surface area contributed by atoms with E-state index in [1.54, 1.807) is 11.1 Å². The normalized spacial score (nSPS) is 29.9. The Morgan fingerprint density at radius 1 is 0.595 bits per heavy atom. The number of hydrogen-bond donors (Lipinski definition) is 2. The van der Waals surface area contributed by atoms with Crippen LogP contribution in [0.25, 0.3) is 22.3 Å². The van der Waals surface area contributed by atoms with E-state index in [1.807, 2.05) is 0 Å². The van der Waals surface area contributed by atoms with E-state index >= 15 is 0 Å². The summed E-state index contributed by atoms with van der Waals surface area (Å²) in [5.74, 6) is 1.45. The molecule has 2 aromatic rings. The molecule has 1 saturated carbocycles. The van der Waals surface area contributed by atoms with Gasteiger partial charge in [0.05, 0.1) is 0 Å². The average Bonchev–Trinajstić information content (AvgIpc) is 3.79. The van der Waals surface area contributed by atoms with Crippen LogP contribution in [0, 0.1) is 0 Å². The van der Waals surface area contributed by atoms with Gasteiger partial charge >= 0.3 is 0 Å². The molecule has 6 aliphatic rings. The van der Waals surface area contributed by atoms with E-state index in [9.17, 15) is 0 Å². The fraction of sp³-hybridized carbons (Fsp3) is 0.455. The first-order valence-electron chi connectivity index (χ1n) is 14.6. The summed E-state index contributed by atoms with van der Waals surface area (Å²) >= 11 is 0. The van der Waals surface area contributed by atoms with Crippen LogP contribution in [0.15, 0.2) is 58.8 Å². The molecule has 4 aliphatic heterocycles. The summed E-state index contributed by atoms with van der Waals surface area (Å²) in [6, 6.07) is 15.2. The largest absolute Gasteiger partial charge is 0.309 e. The molecule has 4 heterocycles. The summed E-state index contributed by atoms with van der Waals surface area (Å²) in [4.78, 5) is 9.68. The SMILES string of the molecule is C1=C(c2ccc(-c3ccc(C4=CN=C([C@@H]5CCCN5)C4)c4c3C3CCC4C3)cc2)CC([C@@H]2CCCN2)=N1. The Morgan fingerprint density at radius 2 is 1.16 bits per heavy atom. The Bertz CT molecular complexity index is 1360. The highest BCUT2D eigenvalue weighted by Gasteiger charge is 2.41. The Morgan fingerprint density at radius 3 is 1.81 bits per heavy atom. The lowest BCUT2D eigenvalue weighted by Crippen LogP contribution is -2.29. The number of nitrogens with zero attached hydrogens (tertiary/aromatic N) is 2. The zero-order valence-electron chi connectivity index (χ0n) is 21.6. The quantitative estimate of drug-likeness (QED) is 0.499. The highest BCUT2D eigenvalue weighted by atomic mass is 15.0. The molecule has 8 rings (SSSR count). The topological polar surface area (TPSA) is 48.8 Å². The van der Waals surface area contributed by atoms with Crippen molar-refractivity contribution in [2.45, 2.75) is 81.7 Å². The van der Waals surface area contributed by atoms with Crippen molar-refractivity contribution in [3.8, 4) is 11.1 Å². The van der Waals surface area contributed by atoms with Gasteiger partial charge in [0.1, 0.15) is 0 Å². The highest BCUT2D eigenvalue weighted by Crippen LogP contribution is 2.58. The van der Waals surface area contributed by atoms with Crippen LogP contribution in [0.2, 0.25) is 0 Å². The third-order valence-electron chi connectivity index (χ3n) is 9.89. The second-order valence-electron chi connectivity index (χ2n) is 12.0. The number of nitrogens with one attached hydrogen (secondary N) is 2. The molecule has 3 fully saturated rings. The molecule has 2 unspecified atom stereocenters. The molecule has 4 heteroatoms. The first kappa shape index (κ1) is 22.2. The monoisotopic (exact) mass is 488 g/mol. The highest BCUT2D eigenvalue weighted by molar-refractivity contribution is 6.03. The van der Waals surface area contributed by atoms with Gasteiger partial charge in [0.15, 0.2) is 0 Å². The van der Waals surface area contributed by atoms with Crippen molar-refractivity contribution in [1.29, 1.82) is 0 Å². The molecule has 0 radical (unpaired) electrons. The summed E-state index contributed by atoms with van der Waals surface area (Å²) in [7, 11) is 0. The van der Waals surface area contributed by atoms with E-state index in [0.717, 1.165) is 37.8 Å². The van der Waals surface area contributed by atoms with E-state index in [-0.39, 0.29) is 0 Å². The molecule has 188 valence electrons. The molecule has 4 nitrogen and oxygen atoms in total. The number of aliphatic imine (C=N–C) groups is 2. The fourth-order valence-corrected chi connectivity index (χ4v) is 8.02. The van der Waals surface area contributed by atoms with Crippen molar-refractivity contribution in [2.75, 3.05) is 13.1 Å². The predicted octanol–water partition coefficient (Wildman–Crippen LogP) is 6.59. The standard InChI is InChI=1S/C33H36N4/c1-3-28(34-13-1)30-16-24(18-36-30)20-5-7-21(8-6-20)26-11-12-27(33-23-10-9-22(15-23)32(26)33)25-17-31(37-19-25)29-4-2-14-35-29/h5-8,11-12,18-19,22-23,28-29,34-35H,1-4,9-10,13-17H2/t22?,23?,28-,29-/m0/s1. The molecule has 0 aromatic heterocycles. The number of fused-ring (bicyclic) bond motifs is 5. The van der Waals surface area contributed by atoms with Gasteiger partial charge in [-0.15, -0.1) is 0 Å². The number of allylic oxidation sites excluding steroid dienone is 2. The summed E-state index contributed by atoms with van der Waals surface area (Å²) in [5.41, 5.74) is 14.4. The van der Waals surface area contributed by atoms with Crippen molar-refractivity contribution in [3.05, 3.63) is 71.1 Å². The lowest BCUT2D eigenvalue weighted by atomic mass is 9.80. The molecule has 2 N–H and O–H groups in total. The summed E-state index contributed by atoms with van der Waals surface area (Å²) in [6.07, 6.45) is 15.3. The third kappa shape index (κ3) is 3.72. The van der Waals surface area contributed by atoms with Crippen LogP contribution in [0.1, 0.15) is 91.9 Å². The van der Waals surface area contributed by atoms with Crippen LogP contribution in [0.5, 0.6) is 0 Å². The van der Waals surface area contributed by atoms with E-state index in [2.05, 4.69) is 59.4 Å². The van der Waals surface area contributed by atoms with Crippen molar-refractivity contribution in [3.63, 3.8) is 0 Å². The first-order valence-corrected chi connectivity index (χ1v) is 14.6. The van der Waals surface area contributed by atoms with Gasteiger partial charge in [0.25, 0.3) is 0 Å². The van der Waals surface area contributed by atoms with Crippen LogP contribution in [-0.2, 0) is 0 Å². The van der Waals surface area contributed by atoms with E-state index in [4.69, 9.17) is 9.98 Å². The molecular weight excluding hydrogens is 452 g/mol. The van der Waals surface area contributed by atoms with Crippen molar-refractivity contribution >= 4 is 22.6 Å². The number of rotatable bonds is 5. The second-order valence-corrected chi connectivity index (χ2v) is 12.0. The molecule has 2 aliphatic carbocycles. The lowest BCUT2D eigenvalue weighted by Gasteiger charge is -2.23. The lowest BCUT2D eigenvalue weighted by molar-refractivity contribution is 0.717. The van der Waals surface area contributed by atoms with Gasteiger partial charge in [-0.3, -0.25) is 9.98 Å². The zero-order chi connectivity index (χ0) is 24.3. The number of benzene rings is 2. The van der Waals surface area contributed by atoms with E-state index in [1.165, 1.54) is 89.8 Å². The Labute approximate surface area is 220 Å². The third-order valence-corrected chi connectivity index (χ3v) is 9.89. The first-order chi connectivity index (χ1) is 18.3. The zero-order valence-corrected chi connectivity index (χ0v) is 21.6. The second kappa shape index (κ2) is 8.89. The Kier molecular flexibility index (Phi) is 5.33. The molecule has 37 heavy (non-hydrogen) atoms. The fourth-order valence-electron chi connectivity index (χ4n) is 8.02. The Balaban J connectivity index is 1.06. The summed E-state index contributed by atoms with van der Waals surface area (Å²) in [5, 5.41) is 7.24. The average molecular weight is 489 g/mol. The van der Waals surface area contributed by atoms with Crippen LogP contribution < -0.4 is 10.6 Å². The van der Waals surface area contributed by atoms with E-state index in [0.29, 0.717) is 12.1 Å². The molecular formula is C33H36N4. The minimum atomic E-state index is 0.482. The maximum absolute atomic E-state index is 4.89. The molecule has 0 spiro atoms. The predicted molar refractivity (Wildman–Crippen MR) is 153 cm³/mol.